The highest BCUT2D eigenvalue weighted by Gasteiger charge is 2.19. The molecule has 0 amide bonds. The number of carbonyl (C=O) groups is 3. The maximum absolute atomic E-state index is 12.8. The van der Waals surface area contributed by atoms with Crippen molar-refractivity contribution in [3.05, 3.63) is 85.1 Å². The zero-order valence-electron chi connectivity index (χ0n) is 43.2. The van der Waals surface area contributed by atoms with Crippen molar-refractivity contribution in [1.29, 1.82) is 0 Å². The maximum atomic E-state index is 12.8. The van der Waals surface area contributed by atoms with Crippen molar-refractivity contribution < 1.29 is 28.6 Å². The van der Waals surface area contributed by atoms with Crippen molar-refractivity contribution in [2.45, 2.75) is 264 Å². The van der Waals surface area contributed by atoms with Crippen LogP contribution >= 0.6 is 0 Å². The lowest BCUT2D eigenvalue weighted by Gasteiger charge is -2.18. The van der Waals surface area contributed by atoms with Gasteiger partial charge >= 0.3 is 17.9 Å². The van der Waals surface area contributed by atoms with Gasteiger partial charge in [0, 0.05) is 19.3 Å². The van der Waals surface area contributed by atoms with Crippen LogP contribution < -0.4 is 0 Å². The van der Waals surface area contributed by atoms with E-state index in [-0.39, 0.29) is 31.1 Å². The fourth-order valence-corrected chi connectivity index (χ4v) is 7.40. The van der Waals surface area contributed by atoms with Crippen LogP contribution in [0.25, 0.3) is 0 Å². The van der Waals surface area contributed by atoms with Gasteiger partial charge in [-0.1, -0.05) is 209 Å². The van der Waals surface area contributed by atoms with Crippen molar-refractivity contribution in [2.24, 2.45) is 0 Å². The lowest BCUT2D eigenvalue weighted by atomic mass is 10.1. The molecule has 6 heteroatoms. The highest BCUT2D eigenvalue weighted by Crippen LogP contribution is 2.14. The van der Waals surface area contributed by atoms with Gasteiger partial charge in [0.1, 0.15) is 13.2 Å². The lowest BCUT2D eigenvalue weighted by molar-refractivity contribution is -0.167. The van der Waals surface area contributed by atoms with E-state index in [9.17, 15) is 14.4 Å². The van der Waals surface area contributed by atoms with Crippen LogP contribution in [0.5, 0.6) is 0 Å². The third kappa shape index (κ3) is 51.6. The van der Waals surface area contributed by atoms with E-state index in [1.807, 2.05) is 0 Å². The molecule has 0 aromatic heterocycles. The summed E-state index contributed by atoms with van der Waals surface area (Å²) in [5.41, 5.74) is 0. The Morgan fingerprint density at radius 3 is 0.924 bits per heavy atom. The van der Waals surface area contributed by atoms with E-state index in [2.05, 4.69) is 106 Å². The van der Waals surface area contributed by atoms with Crippen molar-refractivity contribution >= 4 is 17.9 Å². The monoisotopic (exact) mass is 919 g/mol. The number of hydrogen-bond acceptors (Lipinski definition) is 6. The molecule has 0 saturated heterocycles. The number of hydrogen-bond donors (Lipinski definition) is 0. The van der Waals surface area contributed by atoms with E-state index < -0.39 is 6.10 Å². The molecule has 66 heavy (non-hydrogen) atoms. The van der Waals surface area contributed by atoms with Crippen LogP contribution in [0.3, 0.4) is 0 Å². The van der Waals surface area contributed by atoms with Gasteiger partial charge in [-0.15, -0.1) is 0 Å². The normalized spacial score (nSPS) is 12.7. The number of ether oxygens (including phenoxy) is 3. The van der Waals surface area contributed by atoms with E-state index in [4.69, 9.17) is 14.2 Å². The summed E-state index contributed by atoms with van der Waals surface area (Å²) in [6.07, 6.45) is 69.9. The van der Waals surface area contributed by atoms with Crippen LogP contribution in [-0.4, -0.2) is 37.2 Å². The first kappa shape index (κ1) is 62.6. The summed E-state index contributed by atoms with van der Waals surface area (Å²) in [5.74, 6) is -0.925. The molecule has 0 aliphatic heterocycles. The van der Waals surface area contributed by atoms with E-state index in [0.717, 1.165) is 122 Å². The molecule has 0 aliphatic rings. The van der Waals surface area contributed by atoms with Gasteiger partial charge in [0.05, 0.1) is 0 Å². The minimum absolute atomic E-state index is 0.0913. The zero-order valence-corrected chi connectivity index (χ0v) is 43.2. The molecule has 0 N–H and O–H groups in total. The molecule has 0 radical (unpaired) electrons. The van der Waals surface area contributed by atoms with Gasteiger partial charge in [0.15, 0.2) is 6.10 Å². The number of unbranched alkanes of at least 4 members (excludes halogenated alkanes) is 24. The first-order valence-corrected chi connectivity index (χ1v) is 27.6. The van der Waals surface area contributed by atoms with Gasteiger partial charge in [0.25, 0.3) is 0 Å². The molecule has 0 spiro atoms. The number of allylic oxidation sites excluding steroid dienone is 14. The molecule has 0 fully saturated rings. The highest BCUT2D eigenvalue weighted by molar-refractivity contribution is 5.71. The third-order valence-electron chi connectivity index (χ3n) is 11.6. The van der Waals surface area contributed by atoms with Crippen molar-refractivity contribution in [2.75, 3.05) is 13.2 Å². The minimum Gasteiger partial charge on any atom is -0.462 e. The minimum atomic E-state index is -0.792. The molecule has 0 heterocycles. The van der Waals surface area contributed by atoms with Crippen LogP contribution in [0.15, 0.2) is 85.1 Å². The molecule has 0 aromatic carbocycles. The number of esters is 3. The second-order valence-corrected chi connectivity index (χ2v) is 18.1. The predicted molar refractivity (Wildman–Crippen MR) is 284 cm³/mol. The quantitative estimate of drug-likeness (QED) is 0.0262. The van der Waals surface area contributed by atoms with Crippen LogP contribution in [0.1, 0.15) is 258 Å². The Bertz CT molecular complexity index is 1290. The van der Waals surface area contributed by atoms with Gasteiger partial charge in [-0.2, -0.15) is 0 Å². The molecule has 1 unspecified atom stereocenters. The Morgan fingerprint density at radius 1 is 0.303 bits per heavy atom. The lowest BCUT2D eigenvalue weighted by Crippen LogP contribution is -2.30. The van der Waals surface area contributed by atoms with E-state index >= 15 is 0 Å². The van der Waals surface area contributed by atoms with Crippen LogP contribution in [0.4, 0.5) is 0 Å². The second kappa shape index (κ2) is 54.2. The maximum Gasteiger partial charge on any atom is 0.306 e. The average molecular weight is 919 g/mol. The number of rotatable bonds is 49. The fourth-order valence-electron chi connectivity index (χ4n) is 7.40. The zero-order chi connectivity index (χ0) is 47.9. The van der Waals surface area contributed by atoms with Gasteiger partial charge < -0.3 is 14.2 Å². The van der Waals surface area contributed by atoms with Gasteiger partial charge in [-0.25, -0.2) is 0 Å². The first-order valence-electron chi connectivity index (χ1n) is 27.6. The molecular formula is C60H102O6. The summed E-state index contributed by atoms with van der Waals surface area (Å²) in [7, 11) is 0. The highest BCUT2D eigenvalue weighted by atomic mass is 16.6. The SMILES string of the molecule is CCC/C=C\CCCCCCCC(=O)OCC(COC(=O)CCCCCCCC/C=C\C/C=C\C/C=C\CCCCC)OC(=O)CCCCCCCC/C=C\C/C=C\C/C=C\CCCCC. The summed E-state index contributed by atoms with van der Waals surface area (Å²) >= 11 is 0. The van der Waals surface area contributed by atoms with E-state index in [1.54, 1.807) is 0 Å². The van der Waals surface area contributed by atoms with Crippen molar-refractivity contribution in [1.82, 2.24) is 0 Å². The molecule has 0 rings (SSSR count). The molecule has 1 atom stereocenters. The Labute approximate surface area is 407 Å². The van der Waals surface area contributed by atoms with Crippen molar-refractivity contribution in [3.8, 4) is 0 Å². The number of carbonyl (C=O) groups excluding carboxylic acids is 3. The molecule has 0 saturated carbocycles. The van der Waals surface area contributed by atoms with Crippen molar-refractivity contribution in [3.63, 3.8) is 0 Å². The molecule has 0 aliphatic carbocycles. The van der Waals surface area contributed by atoms with E-state index in [1.165, 1.54) is 96.3 Å². The molecule has 0 bridgehead atoms. The van der Waals surface area contributed by atoms with Crippen LogP contribution in [0.2, 0.25) is 0 Å². The Kier molecular flexibility index (Phi) is 51.4. The summed E-state index contributed by atoms with van der Waals surface area (Å²) in [6, 6.07) is 0. The summed E-state index contributed by atoms with van der Waals surface area (Å²) in [6.45, 7) is 6.49. The van der Waals surface area contributed by atoms with Gasteiger partial charge in [0.2, 0.25) is 0 Å². The summed E-state index contributed by atoms with van der Waals surface area (Å²) in [4.78, 5) is 38.0. The predicted octanol–water partition coefficient (Wildman–Crippen LogP) is 18.4. The largest absolute Gasteiger partial charge is 0.462 e. The van der Waals surface area contributed by atoms with Gasteiger partial charge in [-0.3, -0.25) is 14.4 Å². The first-order chi connectivity index (χ1) is 32.5. The van der Waals surface area contributed by atoms with Crippen LogP contribution in [-0.2, 0) is 28.6 Å². The smallest absolute Gasteiger partial charge is 0.306 e. The average Bonchev–Trinajstić information content (AvgIpc) is 3.31. The van der Waals surface area contributed by atoms with Crippen LogP contribution in [0, 0.1) is 0 Å². The Balaban J connectivity index is 4.39. The summed E-state index contributed by atoms with van der Waals surface area (Å²) < 4.78 is 16.8. The molecule has 378 valence electrons. The second-order valence-electron chi connectivity index (χ2n) is 18.1. The Hall–Kier alpha value is -3.41. The topological polar surface area (TPSA) is 78.9 Å². The van der Waals surface area contributed by atoms with E-state index in [0.29, 0.717) is 19.3 Å². The Morgan fingerprint density at radius 2 is 0.576 bits per heavy atom. The molecule has 6 nitrogen and oxygen atoms in total. The summed E-state index contributed by atoms with van der Waals surface area (Å²) in [5, 5.41) is 0. The molecular weight excluding hydrogens is 817 g/mol. The fraction of sp³-hybridized carbons (Fsp3) is 0.717. The standard InChI is InChI=1S/C60H102O6/c1-4-7-10-13-16-19-22-24-26-28-30-32-34-36-38-41-44-47-50-53-59(62)65-56-57(55-64-58(61)52-49-46-43-40-21-18-15-12-9-6-3)66-60(63)54-51-48-45-42-39-37-35-33-31-29-27-25-23-20-17-14-11-8-5-2/h12,15-17,19-20,24-27,30-33,57H,4-11,13-14,18,21-23,28-29,34-56H2,1-3H3/b15-12-,19-16-,20-17-,26-24-,27-25-,32-30-,33-31-. The third-order valence-corrected chi connectivity index (χ3v) is 11.6. The van der Waals surface area contributed by atoms with Gasteiger partial charge in [-0.05, 0) is 116 Å². The molecule has 0 aromatic rings.